The van der Waals surface area contributed by atoms with E-state index in [2.05, 4.69) is 35.0 Å². The van der Waals surface area contributed by atoms with E-state index in [1.165, 1.54) is 4.88 Å². The van der Waals surface area contributed by atoms with Crippen LogP contribution in [0.4, 0.5) is 0 Å². The second-order valence-electron chi connectivity index (χ2n) is 4.22. The molecule has 2 aromatic rings. The number of hydrogen-bond donors (Lipinski definition) is 0. The number of hydrogen-bond acceptors (Lipinski definition) is 3. The number of ether oxygens (including phenoxy) is 2. The minimum atomic E-state index is -0.225. The molecule has 0 saturated carbocycles. The van der Waals surface area contributed by atoms with Gasteiger partial charge in [-0.15, -0.1) is 22.9 Å². The second kappa shape index (κ2) is 6.83. The summed E-state index contributed by atoms with van der Waals surface area (Å²) in [6.07, 6.45) is 1.03. The lowest BCUT2D eigenvalue weighted by molar-refractivity contribution is 0.386. The summed E-state index contributed by atoms with van der Waals surface area (Å²) in [5.74, 6) is 1.45. The van der Waals surface area contributed by atoms with Gasteiger partial charge in [0.2, 0.25) is 0 Å². The third-order valence-corrected chi connectivity index (χ3v) is 5.71. The van der Waals surface area contributed by atoms with Gasteiger partial charge < -0.3 is 9.47 Å². The highest BCUT2D eigenvalue weighted by atomic mass is 79.9. The van der Waals surface area contributed by atoms with Crippen molar-refractivity contribution < 1.29 is 9.47 Å². The van der Waals surface area contributed by atoms with E-state index in [1.807, 2.05) is 12.1 Å². The standard InChI is InChI=1S/C15H16BrClO2S/c1-4-9-5-8-12(20-9)14(17)10-6-7-11(18-2)13(16)15(10)19-3/h5-8,14H,4H2,1-3H3. The van der Waals surface area contributed by atoms with Gasteiger partial charge in [-0.3, -0.25) is 0 Å². The van der Waals surface area contributed by atoms with Gasteiger partial charge in [0.1, 0.15) is 16.0 Å². The first-order valence-corrected chi connectivity index (χ1v) is 8.30. The molecule has 0 aliphatic carbocycles. The lowest BCUT2D eigenvalue weighted by Gasteiger charge is -2.16. The largest absolute Gasteiger partial charge is 0.495 e. The topological polar surface area (TPSA) is 18.5 Å². The molecule has 0 amide bonds. The molecule has 2 rings (SSSR count). The molecule has 20 heavy (non-hydrogen) atoms. The Morgan fingerprint density at radius 1 is 1.20 bits per heavy atom. The number of benzene rings is 1. The van der Waals surface area contributed by atoms with Crippen molar-refractivity contribution in [1.29, 1.82) is 0 Å². The number of rotatable bonds is 5. The van der Waals surface area contributed by atoms with Crippen LogP contribution in [0, 0.1) is 0 Å². The van der Waals surface area contributed by atoms with Gasteiger partial charge in [0, 0.05) is 15.3 Å². The van der Waals surface area contributed by atoms with Gasteiger partial charge >= 0.3 is 0 Å². The molecule has 0 spiro atoms. The van der Waals surface area contributed by atoms with Crippen molar-refractivity contribution in [2.24, 2.45) is 0 Å². The normalized spacial score (nSPS) is 12.2. The Bertz CT molecular complexity index is 598. The number of halogens is 2. The molecule has 1 heterocycles. The summed E-state index contributed by atoms with van der Waals surface area (Å²) in [5.41, 5.74) is 0.936. The van der Waals surface area contributed by atoms with Crippen LogP contribution in [0.1, 0.15) is 27.6 Å². The summed E-state index contributed by atoms with van der Waals surface area (Å²) < 4.78 is 11.6. The highest BCUT2D eigenvalue weighted by Gasteiger charge is 2.21. The first-order chi connectivity index (χ1) is 9.62. The van der Waals surface area contributed by atoms with Gasteiger partial charge in [-0.05, 0) is 46.6 Å². The van der Waals surface area contributed by atoms with E-state index >= 15 is 0 Å². The molecule has 1 unspecified atom stereocenters. The Hall–Kier alpha value is -0.710. The molecule has 1 atom stereocenters. The predicted molar refractivity (Wildman–Crippen MR) is 88.6 cm³/mol. The van der Waals surface area contributed by atoms with Gasteiger partial charge in [0.15, 0.2) is 0 Å². The van der Waals surface area contributed by atoms with Crippen molar-refractivity contribution in [2.75, 3.05) is 14.2 Å². The zero-order valence-electron chi connectivity index (χ0n) is 11.6. The maximum absolute atomic E-state index is 6.62. The fraction of sp³-hybridized carbons (Fsp3) is 0.333. The van der Waals surface area contributed by atoms with Crippen LogP contribution in [0.3, 0.4) is 0 Å². The van der Waals surface area contributed by atoms with Crippen molar-refractivity contribution in [2.45, 2.75) is 18.7 Å². The molecule has 0 fully saturated rings. The van der Waals surface area contributed by atoms with E-state index < -0.39 is 0 Å². The van der Waals surface area contributed by atoms with E-state index in [9.17, 15) is 0 Å². The Morgan fingerprint density at radius 3 is 2.50 bits per heavy atom. The summed E-state index contributed by atoms with van der Waals surface area (Å²) in [7, 11) is 3.27. The highest BCUT2D eigenvalue weighted by Crippen LogP contribution is 2.44. The highest BCUT2D eigenvalue weighted by molar-refractivity contribution is 9.10. The molecule has 5 heteroatoms. The zero-order chi connectivity index (χ0) is 14.7. The molecule has 0 N–H and O–H groups in total. The van der Waals surface area contributed by atoms with Crippen LogP contribution in [0.2, 0.25) is 0 Å². The van der Waals surface area contributed by atoms with Crippen LogP contribution < -0.4 is 9.47 Å². The fourth-order valence-corrected chi connectivity index (χ4v) is 4.00. The van der Waals surface area contributed by atoms with Gasteiger partial charge in [-0.25, -0.2) is 0 Å². The third kappa shape index (κ3) is 2.97. The van der Waals surface area contributed by atoms with E-state index in [0.717, 1.165) is 32.8 Å². The molecule has 2 nitrogen and oxygen atoms in total. The average molecular weight is 376 g/mol. The summed E-state index contributed by atoms with van der Waals surface area (Å²) in [4.78, 5) is 2.45. The molecule has 0 bridgehead atoms. The van der Waals surface area contributed by atoms with Crippen LogP contribution in [0.15, 0.2) is 28.7 Å². The van der Waals surface area contributed by atoms with Crippen LogP contribution in [0.25, 0.3) is 0 Å². The van der Waals surface area contributed by atoms with E-state index in [4.69, 9.17) is 21.1 Å². The molecule has 0 saturated heterocycles. The first kappa shape index (κ1) is 15.7. The second-order valence-corrected chi connectivity index (χ2v) is 6.65. The monoisotopic (exact) mass is 374 g/mol. The molecule has 0 aliphatic rings. The number of alkyl halides is 1. The number of methoxy groups -OCH3 is 2. The van der Waals surface area contributed by atoms with Crippen molar-refractivity contribution in [3.05, 3.63) is 44.1 Å². The maximum Gasteiger partial charge on any atom is 0.141 e. The van der Waals surface area contributed by atoms with Crippen LogP contribution in [0.5, 0.6) is 11.5 Å². The van der Waals surface area contributed by atoms with Gasteiger partial charge in [-0.2, -0.15) is 0 Å². The Kier molecular flexibility index (Phi) is 5.35. The van der Waals surface area contributed by atoms with Crippen molar-refractivity contribution in [3.63, 3.8) is 0 Å². The van der Waals surface area contributed by atoms with E-state index in [-0.39, 0.29) is 5.38 Å². The molecular weight excluding hydrogens is 360 g/mol. The fourth-order valence-electron chi connectivity index (χ4n) is 1.99. The van der Waals surface area contributed by atoms with E-state index in [0.29, 0.717) is 0 Å². The summed E-state index contributed by atoms with van der Waals surface area (Å²) in [6, 6.07) is 8.05. The van der Waals surface area contributed by atoms with Crippen molar-refractivity contribution in [1.82, 2.24) is 0 Å². The molecule has 0 radical (unpaired) electrons. The van der Waals surface area contributed by atoms with Gasteiger partial charge in [0.25, 0.3) is 0 Å². The molecule has 1 aromatic heterocycles. The summed E-state index contributed by atoms with van der Waals surface area (Å²) in [5, 5.41) is -0.225. The van der Waals surface area contributed by atoms with Gasteiger partial charge in [-0.1, -0.05) is 6.92 Å². The molecule has 0 aliphatic heterocycles. The SMILES string of the molecule is CCc1ccc(C(Cl)c2ccc(OC)c(Br)c2OC)s1. The Morgan fingerprint density at radius 2 is 1.95 bits per heavy atom. The van der Waals surface area contributed by atoms with Crippen LogP contribution >= 0.6 is 38.9 Å². The number of thiophene rings is 1. The quantitative estimate of drug-likeness (QED) is 0.650. The molecule has 1 aromatic carbocycles. The number of aryl methyl sites for hydroxylation is 1. The Balaban J connectivity index is 2.43. The van der Waals surface area contributed by atoms with Gasteiger partial charge in [0.05, 0.1) is 19.6 Å². The Labute approximate surface area is 136 Å². The summed E-state index contributed by atoms with van der Waals surface area (Å²) >= 11 is 11.9. The predicted octanol–water partition coefficient (Wildman–Crippen LogP) is 5.42. The van der Waals surface area contributed by atoms with Crippen LogP contribution in [-0.2, 0) is 6.42 Å². The van der Waals surface area contributed by atoms with Crippen LogP contribution in [-0.4, -0.2) is 14.2 Å². The first-order valence-electron chi connectivity index (χ1n) is 6.25. The minimum absolute atomic E-state index is 0.225. The maximum atomic E-state index is 6.62. The van der Waals surface area contributed by atoms with Crippen molar-refractivity contribution in [3.8, 4) is 11.5 Å². The zero-order valence-corrected chi connectivity index (χ0v) is 14.7. The molecule has 108 valence electrons. The minimum Gasteiger partial charge on any atom is -0.495 e. The third-order valence-electron chi connectivity index (χ3n) is 3.07. The lowest BCUT2D eigenvalue weighted by Crippen LogP contribution is -1.98. The molecular formula is C15H16BrClO2S. The van der Waals surface area contributed by atoms with E-state index in [1.54, 1.807) is 25.6 Å². The average Bonchev–Trinajstić information content (AvgIpc) is 2.95. The summed E-state index contributed by atoms with van der Waals surface area (Å²) in [6.45, 7) is 2.14. The lowest BCUT2D eigenvalue weighted by atomic mass is 10.1. The smallest absolute Gasteiger partial charge is 0.141 e. The van der Waals surface area contributed by atoms with Crippen molar-refractivity contribution >= 4 is 38.9 Å².